The first kappa shape index (κ1) is 55.2. The highest BCUT2D eigenvalue weighted by Gasteiger charge is 2.37. The second-order valence-corrected chi connectivity index (χ2v) is 25.1. The van der Waals surface area contributed by atoms with Crippen LogP contribution in [-0.2, 0) is 5.41 Å². The molecule has 0 radical (unpaired) electrons. The molecular formula is C91H64N2. The first-order chi connectivity index (χ1) is 45.9. The van der Waals surface area contributed by atoms with Gasteiger partial charge in [0.05, 0.1) is 0 Å². The number of nitrogens with zero attached hydrogens (tertiary/aromatic N) is 2. The summed E-state index contributed by atoms with van der Waals surface area (Å²) in [6.07, 6.45) is 0. The monoisotopic (exact) mass is 1180 g/mol. The van der Waals surface area contributed by atoms with Gasteiger partial charge in [0, 0.05) is 39.5 Å². The summed E-state index contributed by atoms with van der Waals surface area (Å²) >= 11 is 0. The fourth-order valence-electron chi connectivity index (χ4n) is 15.0. The standard InChI is InChI=1S/C91H64N2/c1-91(2)85-59-67(89-81-35-19-15-31-77(81)87(78-32-16-20-36-82(78)89)65-43-53-73(54-44-65)92(69-27-11-5-12-28-69)71-49-39-63(40-50-71)61-23-7-3-8-24-61)47-57-75(85)76-58-48-68(60-86(76)91)90-83-37-21-17-33-79(83)88(80-34-18-22-38-84(80)90)66-45-55-74(56-46-66)93(70-29-13-6-14-30-70)72-51-41-64(42-52-72)62-25-9-4-10-26-62/h3-60H,1-2H3. The molecule has 0 unspecified atom stereocenters. The van der Waals surface area contributed by atoms with Crippen LogP contribution in [0.4, 0.5) is 34.1 Å². The topological polar surface area (TPSA) is 6.48 Å². The van der Waals surface area contributed by atoms with Gasteiger partial charge in [-0.1, -0.05) is 281 Å². The number of para-hydroxylation sites is 2. The smallest absolute Gasteiger partial charge is 0.0462 e. The Balaban J connectivity index is 0.718. The molecule has 0 saturated heterocycles. The van der Waals surface area contributed by atoms with Crippen molar-refractivity contribution in [1.29, 1.82) is 0 Å². The van der Waals surface area contributed by atoms with Crippen LogP contribution in [0.2, 0.25) is 0 Å². The van der Waals surface area contributed by atoms with Crippen molar-refractivity contribution in [2.45, 2.75) is 19.3 Å². The van der Waals surface area contributed by atoms with E-state index < -0.39 is 0 Å². The summed E-state index contributed by atoms with van der Waals surface area (Å²) in [7, 11) is 0. The zero-order chi connectivity index (χ0) is 62.0. The van der Waals surface area contributed by atoms with Gasteiger partial charge in [0.1, 0.15) is 0 Å². The van der Waals surface area contributed by atoms with E-state index in [1.165, 1.54) is 132 Å². The summed E-state index contributed by atoms with van der Waals surface area (Å²) in [5, 5.41) is 9.92. The molecule has 438 valence electrons. The summed E-state index contributed by atoms with van der Waals surface area (Å²) < 4.78 is 0. The van der Waals surface area contributed by atoms with Crippen molar-refractivity contribution in [3.05, 3.63) is 363 Å². The minimum Gasteiger partial charge on any atom is -0.311 e. The lowest BCUT2D eigenvalue weighted by molar-refractivity contribution is 0.661. The van der Waals surface area contributed by atoms with Crippen LogP contribution < -0.4 is 9.80 Å². The van der Waals surface area contributed by atoms with Crippen molar-refractivity contribution in [2.75, 3.05) is 9.80 Å². The normalized spacial score (nSPS) is 12.3. The number of hydrogen-bond acceptors (Lipinski definition) is 2. The molecule has 0 amide bonds. The molecular weight excluding hydrogens is 1120 g/mol. The summed E-state index contributed by atoms with van der Waals surface area (Å²) in [5.74, 6) is 0. The predicted octanol–water partition coefficient (Wildman–Crippen LogP) is 25.5. The van der Waals surface area contributed by atoms with E-state index >= 15 is 0 Å². The Morgan fingerprint density at radius 2 is 0.387 bits per heavy atom. The maximum atomic E-state index is 2.51. The molecule has 1 aliphatic carbocycles. The number of hydrogen-bond donors (Lipinski definition) is 0. The van der Waals surface area contributed by atoms with Crippen LogP contribution in [0, 0.1) is 0 Å². The van der Waals surface area contributed by atoms with Gasteiger partial charge in [-0.05, 0) is 217 Å². The third-order valence-corrected chi connectivity index (χ3v) is 19.4. The van der Waals surface area contributed by atoms with Crippen molar-refractivity contribution >= 4 is 77.2 Å². The molecule has 2 nitrogen and oxygen atoms in total. The van der Waals surface area contributed by atoms with Crippen LogP contribution in [0.25, 0.3) is 121 Å². The molecule has 0 N–H and O–H groups in total. The highest BCUT2D eigenvalue weighted by atomic mass is 15.1. The van der Waals surface area contributed by atoms with Gasteiger partial charge in [-0.25, -0.2) is 0 Å². The van der Waals surface area contributed by atoms with E-state index in [1.807, 2.05) is 0 Å². The van der Waals surface area contributed by atoms with E-state index in [9.17, 15) is 0 Å². The van der Waals surface area contributed by atoms with E-state index in [0.29, 0.717) is 0 Å². The lowest BCUT2D eigenvalue weighted by Gasteiger charge is -2.26. The third-order valence-electron chi connectivity index (χ3n) is 19.4. The van der Waals surface area contributed by atoms with Gasteiger partial charge < -0.3 is 9.80 Å². The van der Waals surface area contributed by atoms with Crippen LogP contribution in [0.15, 0.2) is 352 Å². The Hall–Kier alpha value is -11.8. The van der Waals surface area contributed by atoms with Crippen molar-refractivity contribution in [3.8, 4) is 77.9 Å². The van der Waals surface area contributed by atoms with Crippen LogP contribution in [-0.4, -0.2) is 0 Å². The van der Waals surface area contributed by atoms with E-state index in [1.54, 1.807) is 0 Å². The molecule has 0 aromatic heterocycles. The van der Waals surface area contributed by atoms with Crippen LogP contribution >= 0.6 is 0 Å². The molecule has 0 atom stereocenters. The number of fused-ring (bicyclic) bond motifs is 7. The Morgan fingerprint density at radius 1 is 0.183 bits per heavy atom. The SMILES string of the molecule is CC1(C)c2cc(-c3c4ccccc4c(-c4ccc(N(c5ccccc5)c5ccc(-c6ccccc6)cc5)cc4)c4ccccc34)ccc2-c2ccc(-c3c4ccccc4c(-c4ccc(N(c5ccccc5)c5ccc(-c6ccccc6)cc5)cc4)c4ccccc34)cc21. The maximum Gasteiger partial charge on any atom is 0.0462 e. The lowest BCUT2D eigenvalue weighted by Crippen LogP contribution is -2.15. The molecule has 0 bridgehead atoms. The third kappa shape index (κ3) is 9.57. The van der Waals surface area contributed by atoms with Crippen molar-refractivity contribution < 1.29 is 0 Å². The molecule has 93 heavy (non-hydrogen) atoms. The highest BCUT2D eigenvalue weighted by Crippen LogP contribution is 2.54. The zero-order valence-electron chi connectivity index (χ0n) is 51.9. The quantitative estimate of drug-likeness (QED) is 0.113. The van der Waals surface area contributed by atoms with E-state index in [2.05, 4.69) is 375 Å². The van der Waals surface area contributed by atoms with E-state index in [-0.39, 0.29) is 5.41 Å². The Kier molecular flexibility index (Phi) is 13.6. The molecule has 0 fully saturated rings. The van der Waals surface area contributed by atoms with Crippen LogP contribution in [0.3, 0.4) is 0 Å². The van der Waals surface area contributed by atoms with Gasteiger partial charge in [-0.3, -0.25) is 0 Å². The molecule has 0 saturated carbocycles. The van der Waals surface area contributed by atoms with E-state index in [4.69, 9.17) is 0 Å². The minimum absolute atomic E-state index is 0.285. The van der Waals surface area contributed by atoms with Crippen molar-refractivity contribution in [2.24, 2.45) is 0 Å². The Labute approximate surface area is 543 Å². The number of rotatable bonds is 12. The molecule has 0 heterocycles. The van der Waals surface area contributed by atoms with Gasteiger partial charge in [-0.15, -0.1) is 0 Å². The average Bonchev–Trinajstić information content (AvgIpc) is 1.62. The summed E-state index contributed by atoms with van der Waals surface area (Å²) in [5.41, 5.74) is 26.3. The highest BCUT2D eigenvalue weighted by molar-refractivity contribution is 6.23. The number of benzene rings is 16. The van der Waals surface area contributed by atoms with Gasteiger partial charge in [0.15, 0.2) is 0 Å². The average molecular weight is 1190 g/mol. The predicted molar refractivity (Wildman–Crippen MR) is 396 cm³/mol. The molecule has 17 rings (SSSR count). The van der Waals surface area contributed by atoms with Gasteiger partial charge in [0.2, 0.25) is 0 Å². The molecule has 2 heteroatoms. The second-order valence-electron chi connectivity index (χ2n) is 25.1. The maximum absolute atomic E-state index is 2.51. The second kappa shape index (κ2) is 22.9. The van der Waals surface area contributed by atoms with Gasteiger partial charge in [0.25, 0.3) is 0 Å². The van der Waals surface area contributed by atoms with Crippen LogP contribution in [0.5, 0.6) is 0 Å². The van der Waals surface area contributed by atoms with Crippen LogP contribution in [0.1, 0.15) is 25.0 Å². The van der Waals surface area contributed by atoms with Crippen molar-refractivity contribution in [1.82, 2.24) is 0 Å². The fraction of sp³-hybridized carbons (Fsp3) is 0.0330. The summed E-state index contributed by atoms with van der Waals surface area (Å²) in [4.78, 5) is 4.70. The molecule has 1 aliphatic rings. The molecule has 16 aromatic rings. The first-order valence-electron chi connectivity index (χ1n) is 32.3. The largest absolute Gasteiger partial charge is 0.311 e. The lowest BCUT2D eigenvalue weighted by atomic mass is 9.79. The minimum atomic E-state index is -0.285. The summed E-state index contributed by atoms with van der Waals surface area (Å²) in [6, 6.07) is 129. The molecule has 16 aromatic carbocycles. The molecule has 0 spiro atoms. The molecule has 0 aliphatic heterocycles. The number of anilines is 6. The van der Waals surface area contributed by atoms with E-state index in [0.717, 1.165) is 34.1 Å². The Morgan fingerprint density at radius 3 is 0.667 bits per heavy atom. The first-order valence-corrected chi connectivity index (χ1v) is 32.3. The fourth-order valence-corrected chi connectivity index (χ4v) is 15.0. The summed E-state index contributed by atoms with van der Waals surface area (Å²) in [6.45, 7) is 4.85. The van der Waals surface area contributed by atoms with Gasteiger partial charge in [-0.2, -0.15) is 0 Å². The zero-order valence-corrected chi connectivity index (χ0v) is 51.9. The van der Waals surface area contributed by atoms with Crippen molar-refractivity contribution in [3.63, 3.8) is 0 Å². The Bertz CT molecular complexity index is 5010. The van der Waals surface area contributed by atoms with Gasteiger partial charge >= 0.3 is 0 Å².